The van der Waals surface area contributed by atoms with E-state index < -0.39 is 0 Å². The SMILES string of the molecule is c1ccc(C2N(c3ccccc3)CC34C5=C6C7C8C9C5C5C%10C9C9C%11C8C8C7C7C%12C6C3C3C6C%12C%12C7C7C8C8C%11C%11C9C9C%13C%14C%11C%11C8C7C7C%12C8C%12C7C%11C%14C7C%12C%11C(C86)C3C3C6C%11C7C%13C(C9%10)C6C5C324)cc1. The Morgan fingerprint density at radius 3 is 0.987 bits per heavy atom. The van der Waals surface area contributed by atoms with Gasteiger partial charge in [0.2, 0.25) is 0 Å². The van der Waals surface area contributed by atoms with Crippen molar-refractivity contribution in [1.82, 2.24) is 0 Å². The second kappa shape index (κ2) is 8.47. The maximum atomic E-state index is 3.44. The minimum atomic E-state index is 0.462. The van der Waals surface area contributed by atoms with Gasteiger partial charge >= 0.3 is 0 Å². The highest BCUT2D eigenvalue weighted by Crippen LogP contribution is 3.08. The number of para-hydroxylation sites is 1. The normalized spacial score (nSPS) is 90.5. The Bertz CT molecular complexity index is 3650. The second-order valence-corrected chi connectivity index (χ2v) is 38.6. The van der Waals surface area contributed by atoms with E-state index >= 15 is 0 Å². The maximum Gasteiger partial charge on any atom is 0.0614 e. The molecular weight excluding hydrogens is 903 g/mol. The van der Waals surface area contributed by atoms with Gasteiger partial charge in [0.1, 0.15) is 0 Å². The number of benzene rings is 2. The van der Waals surface area contributed by atoms with Gasteiger partial charge in [0.05, 0.1) is 6.04 Å². The summed E-state index contributed by atoms with van der Waals surface area (Å²) in [6.07, 6.45) is 0. The highest BCUT2D eigenvalue weighted by atomic mass is 15.3. The third-order valence-electron chi connectivity index (χ3n) is 43.3. The Kier molecular flexibility index (Phi) is 3.80. The first-order valence-electron chi connectivity index (χ1n) is 35.0. The summed E-state index contributed by atoms with van der Waals surface area (Å²) in [7, 11) is 0. The molecule has 370 valence electrons. The van der Waals surface area contributed by atoms with E-state index in [1.807, 2.05) is 5.56 Å². The van der Waals surface area contributed by atoms with Crippen LogP contribution in [0.3, 0.4) is 0 Å². The number of nitrogens with zero attached hydrogens (tertiary/aromatic N) is 1. The van der Waals surface area contributed by atoms with Gasteiger partial charge in [-0.25, -0.2) is 0 Å². The van der Waals surface area contributed by atoms with Crippen LogP contribution in [-0.2, 0) is 0 Å². The zero-order valence-electron chi connectivity index (χ0n) is 42.8. The topological polar surface area (TPSA) is 3.24 Å². The van der Waals surface area contributed by atoms with Crippen LogP contribution in [-0.4, -0.2) is 6.54 Å². The summed E-state index contributed by atoms with van der Waals surface area (Å²) < 4.78 is 0. The number of anilines is 1. The highest BCUT2D eigenvalue weighted by molar-refractivity contribution is 5.66. The molecule has 1 heterocycles. The Hall–Kier alpha value is -2.02. The smallest absolute Gasteiger partial charge is 0.0614 e. The molecule has 1 nitrogen and oxygen atoms in total. The van der Waals surface area contributed by atoms with Crippen LogP contribution in [0.4, 0.5) is 5.69 Å². The van der Waals surface area contributed by atoms with Crippen LogP contribution in [0.5, 0.6) is 0 Å². The van der Waals surface area contributed by atoms with Crippen molar-refractivity contribution in [2.45, 2.75) is 6.04 Å². The van der Waals surface area contributed by atoms with Gasteiger partial charge < -0.3 is 4.90 Å². The predicted octanol–water partition coefficient (Wildman–Crippen LogP) is 10.4. The average molecular weight is 972 g/mol. The first kappa shape index (κ1) is 33.7. The van der Waals surface area contributed by atoms with E-state index in [-0.39, 0.29) is 0 Å². The fourth-order valence-corrected chi connectivity index (χ4v) is 49.1. The zero-order chi connectivity index (χ0) is 44.6. The van der Waals surface area contributed by atoms with Crippen molar-refractivity contribution in [2.75, 3.05) is 11.4 Å². The lowest BCUT2D eigenvalue weighted by atomic mass is 9.31. The lowest BCUT2D eigenvalue weighted by Crippen LogP contribution is -2.70. The number of hydrogen-bond acceptors (Lipinski definition) is 1. The van der Waals surface area contributed by atoms with Gasteiger partial charge in [-0.15, -0.1) is 0 Å². The average Bonchev–Trinajstić information content (AvgIpc) is 3.90. The molecule has 33 aliphatic rings. The van der Waals surface area contributed by atoms with Gasteiger partial charge in [-0.1, -0.05) is 59.7 Å². The second-order valence-electron chi connectivity index (χ2n) is 38.6. The standard InChI is InChI=1S/C74H69N/c1-3-7-12(8-4-1)72-74-70-64-58-48-36-28-20-16-14-15-18-22(20)30(36)40-34-26(18)27-19(15)23-21-17(14)25-24(16)32-38(28)46-52-42(32)43-33(25)39-29(21)37-31(23)41-35(27)45-44(34)56(50(40)58)66(70)67-57(45)51(41)59-49(37)55-47(39)53(43)61-60(52)68(62(64)54(46)48)73(74,69(61)63(55)65(59)71(67)74)11-75(72)13-9-5-2-6-10-13/h1-10,14-60,62-68,70-72H,11H2. The molecule has 2 spiro atoms. The van der Waals surface area contributed by atoms with E-state index in [4.69, 9.17) is 0 Å². The molecule has 59 atom stereocenters. The van der Waals surface area contributed by atoms with Gasteiger partial charge in [-0.05, 0) is 349 Å². The third-order valence-corrected chi connectivity index (χ3v) is 43.3. The number of rotatable bonds is 2. The fourth-order valence-electron chi connectivity index (χ4n) is 49.1. The molecule has 2 aromatic rings. The lowest BCUT2D eigenvalue weighted by Gasteiger charge is -2.72. The largest absolute Gasteiger partial charge is 0.363 e. The lowest BCUT2D eigenvalue weighted by molar-refractivity contribution is -0.231. The van der Waals surface area contributed by atoms with Crippen molar-refractivity contribution in [2.24, 2.45) is 342 Å². The van der Waals surface area contributed by atoms with E-state index in [1.165, 1.54) is 261 Å². The molecule has 30 saturated carbocycles. The van der Waals surface area contributed by atoms with Gasteiger partial charge in [0.15, 0.2) is 0 Å². The predicted molar refractivity (Wildman–Crippen MR) is 270 cm³/mol. The number of hydrogen-bond donors (Lipinski definition) is 0. The van der Waals surface area contributed by atoms with E-state index in [1.54, 1.807) is 5.69 Å². The van der Waals surface area contributed by atoms with Crippen molar-refractivity contribution >= 4 is 5.69 Å². The van der Waals surface area contributed by atoms with E-state index in [2.05, 4.69) is 76.7 Å². The minimum absolute atomic E-state index is 0.462. The van der Waals surface area contributed by atoms with Crippen LogP contribution in [0.15, 0.2) is 71.8 Å². The molecule has 0 radical (unpaired) electrons. The summed E-state index contributed by atoms with van der Waals surface area (Å²) >= 11 is 0. The molecule has 1 aliphatic heterocycles. The van der Waals surface area contributed by atoms with Crippen molar-refractivity contribution in [1.29, 1.82) is 0 Å². The van der Waals surface area contributed by atoms with Crippen LogP contribution in [0.2, 0.25) is 0 Å². The maximum absolute atomic E-state index is 3.44. The first-order chi connectivity index (χ1) is 37.4. The quantitative estimate of drug-likeness (QED) is 0.271. The molecule has 35 rings (SSSR count). The summed E-state index contributed by atoms with van der Waals surface area (Å²) in [5.41, 5.74) is 9.56. The van der Waals surface area contributed by atoms with Crippen LogP contribution < -0.4 is 4.90 Å². The van der Waals surface area contributed by atoms with Crippen LogP contribution in [0.25, 0.3) is 0 Å². The van der Waals surface area contributed by atoms with E-state index in [9.17, 15) is 0 Å². The minimum Gasteiger partial charge on any atom is -0.363 e. The molecule has 0 amide bonds. The molecule has 0 N–H and O–H groups in total. The molecule has 2 aromatic carbocycles. The molecule has 59 unspecified atom stereocenters. The monoisotopic (exact) mass is 972 g/mol. The van der Waals surface area contributed by atoms with Gasteiger partial charge in [0, 0.05) is 23.1 Å². The molecule has 32 aliphatic carbocycles. The van der Waals surface area contributed by atoms with Gasteiger partial charge in [-0.2, -0.15) is 0 Å². The highest BCUT2D eigenvalue weighted by Gasteiger charge is 3.05. The summed E-state index contributed by atoms with van der Waals surface area (Å²) in [4.78, 5) is 3.44. The molecule has 75 heavy (non-hydrogen) atoms. The van der Waals surface area contributed by atoms with Crippen LogP contribution in [0.1, 0.15) is 11.6 Å². The number of allylic oxidation sites excluding steroid dienone is 1. The van der Waals surface area contributed by atoms with Gasteiger partial charge in [-0.3, -0.25) is 0 Å². The molecule has 1 saturated heterocycles. The van der Waals surface area contributed by atoms with E-state index in [0.29, 0.717) is 16.9 Å². The van der Waals surface area contributed by atoms with E-state index in [0.717, 1.165) is 76.9 Å². The van der Waals surface area contributed by atoms with Crippen LogP contribution >= 0.6 is 0 Å². The summed E-state index contributed by atoms with van der Waals surface area (Å²) in [6, 6.07) is 26.8. The summed E-state index contributed by atoms with van der Waals surface area (Å²) in [5, 5.41) is 0. The zero-order valence-corrected chi connectivity index (χ0v) is 42.8. The molecule has 0 aromatic heterocycles. The van der Waals surface area contributed by atoms with Crippen molar-refractivity contribution in [3.8, 4) is 0 Å². The Morgan fingerprint density at radius 2 is 0.560 bits per heavy atom. The van der Waals surface area contributed by atoms with Crippen molar-refractivity contribution in [3.63, 3.8) is 0 Å². The van der Waals surface area contributed by atoms with Crippen LogP contribution in [0, 0.1) is 342 Å². The molecule has 31 fully saturated rings. The fraction of sp³-hybridized carbons (Fsp3) is 0.811. The van der Waals surface area contributed by atoms with Crippen molar-refractivity contribution in [3.05, 3.63) is 77.4 Å². The Balaban J connectivity index is 0.843. The summed E-state index contributed by atoms with van der Waals surface area (Å²) in [5.74, 6) is 67.3. The Labute approximate surface area is 440 Å². The molecule has 0 bridgehead atoms. The molecule has 1 heteroatoms. The Morgan fingerprint density at radius 1 is 0.267 bits per heavy atom. The first-order valence-corrected chi connectivity index (χ1v) is 35.0. The molecular formula is C74H69N. The summed E-state index contributed by atoms with van der Waals surface area (Å²) in [6.45, 7) is 1.48. The van der Waals surface area contributed by atoms with Crippen molar-refractivity contribution < 1.29 is 0 Å². The third kappa shape index (κ3) is 2.10. The van der Waals surface area contributed by atoms with Gasteiger partial charge in [0.25, 0.3) is 0 Å².